The molecule has 0 unspecified atom stereocenters. The zero-order valence-electron chi connectivity index (χ0n) is 11.0. The van der Waals surface area contributed by atoms with Gasteiger partial charge in [0.05, 0.1) is 0 Å². The number of hydrogen-bond acceptors (Lipinski definition) is 4. The predicted molar refractivity (Wildman–Crippen MR) is 73.8 cm³/mol. The lowest BCUT2D eigenvalue weighted by atomic mass is 10.2. The smallest absolute Gasteiger partial charge is 0.330 e. The number of esters is 1. The summed E-state index contributed by atoms with van der Waals surface area (Å²) in [7, 11) is 3.82. The molecule has 6 nitrogen and oxygen atoms in total. The average Bonchev–Trinajstić information content (AvgIpc) is 2.38. The van der Waals surface area contributed by atoms with Crippen LogP contribution < -0.4 is 0 Å². The summed E-state index contributed by atoms with van der Waals surface area (Å²) < 4.78 is 5.00. The van der Waals surface area contributed by atoms with Gasteiger partial charge in [0, 0.05) is 23.2 Å². The second kappa shape index (κ2) is 7.92. The van der Waals surface area contributed by atoms with Crippen molar-refractivity contribution in [3.8, 4) is 0 Å². The van der Waals surface area contributed by atoms with Gasteiger partial charge in [0.1, 0.15) is 6.61 Å². The number of nitrogens with zero attached hydrogens (tertiary/aromatic N) is 4. The van der Waals surface area contributed by atoms with Gasteiger partial charge in [-0.1, -0.05) is 29.4 Å². The zero-order chi connectivity index (χ0) is 14.1. The van der Waals surface area contributed by atoms with Crippen LogP contribution in [0.3, 0.4) is 0 Å². The standard InChI is InChI=1S/C13H16N4O2/c1-17(2)9-10-19-13(18)8-5-11-3-6-12(7-4-11)15-16-14/h3-8H,9-10H2,1-2H3/b8-5+. The molecule has 0 aliphatic heterocycles. The number of rotatable bonds is 6. The van der Waals surface area contributed by atoms with E-state index in [4.69, 9.17) is 10.3 Å². The van der Waals surface area contributed by atoms with E-state index in [0.717, 1.165) is 5.56 Å². The molecule has 1 aromatic carbocycles. The van der Waals surface area contributed by atoms with Crippen molar-refractivity contribution in [2.45, 2.75) is 0 Å². The molecular weight excluding hydrogens is 244 g/mol. The van der Waals surface area contributed by atoms with Crippen LogP contribution >= 0.6 is 0 Å². The molecule has 100 valence electrons. The molecule has 0 bridgehead atoms. The van der Waals surface area contributed by atoms with Gasteiger partial charge < -0.3 is 9.64 Å². The molecule has 0 saturated carbocycles. The van der Waals surface area contributed by atoms with E-state index < -0.39 is 0 Å². The van der Waals surface area contributed by atoms with Crippen LogP contribution in [-0.4, -0.2) is 38.1 Å². The number of ether oxygens (including phenoxy) is 1. The molecule has 0 N–H and O–H groups in total. The Morgan fingerprint density at radius 1 is 1.42 bits per heavy atom. The first-order chi connectivity index (χ1) is 9.11. The Labute approximate surface area is 111 Å². The van der Waals surface area contributed by atoms with Gasteiger partial charge in [-0.2, -0.15) is 0 Å². The summed E-state index contributed by atoms with van der Waals surface area (Å²) in [5.74, 6) is -0.374. The topological polar surface area (TPSA) is 78.3 Å². The van der Waals surface area contributed by atoms with Gasteiger partial charge in [-0.05, 0) is 31.3 Å². The highest BCUT2D eigenvalue weighted by atomic mass is 16.5. The van der Waals surface area contributed by atoms with Crippen LogP contribution in [0.4, 0.5) is 5.69 Å². The molecule has 6 heteroatoms. The fraction of sp³-hybridized carbons (Fsp3) is 0.308. The fourth-order valence-corrected chi connectivity index (χ4v) is 1.24. The first-order valence-corrected chi connectivity index (χ1v) is 5.76. The van der Waals surface area contributed by atoms with Gasteiger partial charge >= 0.3 is 5.97 Å². The van der Waals surface area contributed by atoms with E-state index in [9.17, 15) is 4.79 Å². The van der Waals surface area contributed by atoms with Crippen LogP contribution in [0.1, 0.15) is 5.56 Å². The number of carbonyl (C=O) groups excluding carboxylic acids is 1. The van der Waals surface area contributed by atoms with Crippen molar-refractivity contribution >= 4 is 17.7 Å². The van der Waals surface area contributed by atoms with Gasteiger partial charge in [-0.15, -0.1) is 0 Å². The molecular formula is C13H16N4O2. The van der Waals surface area contributed by atoms with Gasteiger partial charge in [0.15, 0.2) is 0 Å². The van der Waals surface area contributed by atoms with Crippen LogP contribution in [-0.2, 0) is 9.53 Å². The molecule has 0 heterocycles. The Hall–Kier alpha value is -2.30. The highest BCUT2D eigenvalue weighted by Crippen LogP contribution is 2.13. The minimum absolute atomic E-state index is 0.367. The van der Waals surface area contributed by atoms with Crippen molar-refractivity contribution in [2.24, 2.45) is 5.11 Å². The SMILES string of the molecule is CN(C)CCOC(=O)/C=C/c1ccc(N=[N+]=[N-])cc1. The second-order valence-electron chi connectivity index (χ2n) is 4.09. The summed E-state index contributed by atoms with van der Waals surface area (Å²) in [5, 5.41) is 3.46. The van der Waals surface area contributed by atoms with E-state index >= 15 is 0 Å². The zero-order valence-corrected chi connectivity index (χ0v) is 11.0. The second-order valence-corrected chi connectivity index (χ2v) is 4.09. The van der Waals surface area contributed by atoms with Crippen LogP contribution in [0.25, 0.3) is 16.5 Å². The van der Waals surface area contributed by atoms with E-state index in [2.05, 4.69) is 10.0 Å². The summed E-state index contributed by atoms with van der Waals surface area (Å²) in [4.78, 5) is 16.0. The van der Waals surface area contributed by atoms with Crippen molar-refractivity contribution in [1.82, 2.24) is 4.90 Å². The Morgan fingerprint density at radius 2 is 2.11 bits per heavy atom. The summed E-state index contributed by atoms with van der Waals surface area (Å²) >= 11 is 0. The Morgan fingerprint density at radius 3 is 2.68 bits per heavy atom. The van der Waals surface area contributed by atoms with Crippen LogP contribution in [0.5, 0.6) is 0 Å². The molecule has 0 fully saturated rings. The van der Waals surface area contributed by atoms with Gasteiger partial charge in [0.2, 0.25) is 0 Å². The Balaban J connectivity index is 2.47. The first-order valence-electron chi connectivity index (χ1n) is 5.76. The molecule has 0 aliphatic rings. The number of azide groups is 1. The van der Waals surface area contributed by atoms with Crippen LogP contribution in [0, 0.1) is 0 Å². The largest absolute Gasteiger partial charge is 0.461 e. The quantitative estimate of drug-likeness (QED) is 0.259. The van der Waals surface area contributed by atoms with E-state index in [0.29, 0.717) is 18.8 Å². The lowest BCUT2D eigenvalue weighted by Gasteiger charge is -2.08. The number of likely N-dealkylation sites (N-methyl/N-ethyl adjacent to an activating group) is 1. The van der Waals surface area contributed by atoms with Crippen LogP contribution in [0.15, 0.2) is 35.5 Å². The van der Waals surface area contributed by atoms with Gasteiger partial charge in [0.25, 0.3) is 0 Å². The Bertz CT molecular complexity index is 488. The number of benzene rings is 1. The van der Waals surface area contributed by atoms with Crippen molar-refractivity contribution in [3.05, 3.63) is 46.3 Å². The Kier molecular flexibility index (Phi) is 6.15. The normalized spacial score (nSPS) is 10.5. The lowest BCUT2D eigenvalue weighted by Crippen LogP contribution is -2.19. The summed E-state index contributed by atoms with van der Waals surface area (Å²) in [6.07, 6.45) is 3.02. The minimum atomic E-state index is -0.374. The maximum atomic E-state index is 11.4. The monoisotopic (exact) mass is 260 g/mol. The molecule has 0 aromatic heterocycles. The van der Waals surface area contributed by atoms with E-state index in [1.54, 1.807) is 30.3 Å². The summed E-state index contributed by atoms with van der Waals surface area (Å²) in [5.41, 5.74) is 9.64. The highest BCUT2D eigenvalue weighted by molar-refractivity contribution is 5.87. The maximum Gasteiger partial charge on any atom is 0.330 e. The third-order valence-electron chi connectivity index (χ3n) is 2.25. The molecule has 0 amide bonds. The summed E-state index contributed by atoms with van der Waals surface area (Å²) in [6, 6.07) is 6.87. The van der Waals surface area contributed by atoms with Crippen molar-refractivity contribution in [1.29, 1.82) is 0 Å². The molecule has 1 aromatic rings. The summed E-state index contributed by atoms with van der Waals surface area (Å²) in [6.45, 7) is 1.06. The van der Waals surface area contributed by atoms with E-state index in [-0.39, 0.29) is 5.97 Å². The maximum absolute atomic E-state index is 11.4. The molecule has 0 radical (unpaired) electrons. The third-order valence-corrected chi connectivity index (χ3v) is 2.25. The fourth-order valence-electron chi connectivity index (χ4n) is 1.24. The van der Waals surface area contributed by atoms with Crippen molar-refractivity contribution < 1.29 is 9.53 Å². The predicted octanol–water partition coefficient (Wildman–Crippen LogP) is 2.75. The first kappa shape index (κ1) is 14.8. The lowest BCUT2D eigenvalue weighted by molar-refractivity contribution is -0.137. The minimum Gasteiger partial charge on any atom is -0.461 e. The van der Waals surface area contributed by atoms with E-state index in [1.165, 1.54) is 6.08 Å². The van der Waals surface area contributed by atoms with E-state index in [1.807, 2.05) is 19.0 Å². The number of carbonyl (C=O) groups is 1. The number of hydrogen-bond donors (Lipinski definition) is 0. The van der Waals surface area contributed by atoms with Gasteiger partial charge in [-0.25, -0.2) is 4.79 Å². The van der Waals surface area contributed by atoms with Gasteiger partial charge in [-0.3, -0.25) is 0 Å². The average molecular weight is 260 g/mol. The molecule has 0 aliphatic carbocycles. The molecule has 19 heavy (non-hydrogen) atoms. The van der Waals surface area contributed by atoms with Crippen molar-refractivity contribution in [3.63, 3.8) is 0 Å². The molecule has 1 rings (SSSR count). The molecule has 0 spiro atoms. The highest BCUT2D eigenvalue weighted by Gasteiger charge is 1.97. The van der Waals surface area contributed by atoms with Crippen LogP contribution in [0.2, 0.25) is 0 Å². The third kappa shape index (κ3) is 6.26. The molecule has 0 saturated heterocycles. The van der Waals surface area contributed by atoms with Crippen molar-refractivity contribution in [2.75, 3.05) is 27.2 Å². The molecule has 0 atom stereocenters.